The molecule has 0 aromatic rings. The molecule has 0 bridgehead atoms. The lowest BCUT2D eigenvalue weighted by molar-refractivity contribution is -0.183. The molecule has 0 aromatic carbocycles. The van der Waals surface area contributed by atoms with Gasteiger partial charge in [-0.05, 0) is 31.7 Å². The molecule has 1 heterocycles. The van der Waals surface area contributed by atoms with Crippen LogP contribution in [0.2, 0.25) is 0 Å². The summed E-state index contributed by atoms with van der Waals surface area (Å²) in [4.78, 5) is 15.7. The van der Waals surface area contributed by atoms with Gasteiger partial charge in [0.15, 0.2) is 0 Å². The average molecular weight is 408 g/mol. The standard InChI is InChI=1S/C16H28F3N3O.2ClH/c1-13(16(17,18)19)21-7-9-22(10-8-21)14(23)11-15(12-20)5-3-2-4-6-15;;/h13H,2-12,20H2,1H3;2*1H. The number of hydrogen-bond donors (Lipinski definition) is 1. The van der Waals surface area contributed by atoms with E-state index >= 15 is 0 Å². The second-order valence-corrected chi connectivity index (χ2v) is 7.08. The van der Waals surface area contributed by atoms with Crippen LogP contribution in [0, 0.1) is 5.41 Å². The van der Waals surface area contributed by atoms with E-state index < -0.39 is 12.2 Å². The number of piperazine rings is 1. The second-order valence-electron chi connectivity index (χ2n) is 7.08. The van der Waals surface area contributed by atoms with Crippen molar-refractivity contribution in [3.05, 3.63) is 0 Å². The monoisotopic (exact) mass is 407 g/mol. The van der Waals surface area contributed by atoms with Crippen LogP contribution in [-0.4, -0.2) is 60.6 Å². The summed E-state index contributed by atoms with van der Waals surface area (Å²) in [5.74, 6) is 0.0525. The Bertz CT molecular complexity index is 410. The van der Waals surface area contributed by atoms with E-state index in [-0.39, 0.29) is 49.2 Å². The largest absolute Gasteiger partial charge is 0.403 e. The van der Waals surface area contributed by atoms with Crippen LogP contribution in [0.3, 0.4) is 0 Å². The third kappa shape index (κ3) is 6.45. The molecular formula is C16H30Cl2F3N3O. The Kier molecular flexibility index (Phi) is 10.1. The molecule has 1 saturated carbocycles. The first-order valence-electron chi connectivity index (χ1n) is 8.56. The molecule has 2 N–H and O–H groups in total. The van der Waals surface area contributed by atoms with Gasteiger partial charge < -0.3 is 10.6 Å². The summed E-state index contributed by atoms with van der Waals surface area (Å²) in [7, 11) is 0. The Morgan fingerprint density at radius 1 is 1.08 bits per heavy atom. The molecule has 1 aliphatic carbocycles. The molecule has 2 rings (SSSR count). The van der Waals surface area contributed by atoms with Gasteiger partial charge in [-0.1, -0.05) is 19.3 Å². The first-order chi connectivity index (χ1) is 10.8. The lowest BCUT2D eigenvalue weighted by Crippen LogP contribution is -2.55. The number of nitrogens with zero attached hydrogens (tertiary/aromatic N) is 2. The van der Waals surface area contributed by atoms with Crippen molar-refractivity contribution in [3.63, 3.8) is 0 Å². The smallest absolute Gasteiger partial charge is 0.340 e. The second kappa shape index (κ2) is 10.2. The number of carbonyl (C=O) groups is 1. The first-order valence-corrected chi connectivity index (χ1v) is 8.56. The van der Waals surface area contributed by atoms with Crippen molar-refractivity contribution in [3.8, 4) is 0 Å². The van der Waals surface area contributed by atoms with Gasteiger partial charge in [-0.25, -0.2) is 0 Å². The highest BCUT2D eigenvalue weighted by molar-refractivity contribution is 5.85. The van der Waals surface area contributed by atoms with Gasteiger partial charge in [-0.3, -0.25) is 9.69 Å². The maximum Gasteiger partial charge on any atom is 0.403 e. The number of alkyl halides is 3. The van der Waals surface area contributed by atoms with Gasteiger partial charge in [-0.15, -0.1) is 24.8 Å². The van der Waals surface area contributed by atoms with Crippen LogP contribution in [0.15, 0.2) is 0 Å². The summed E-state index contributed by atoms with van der Waals surface area (Å²) in [6, 6.07) is -1.45. The van der Waals surface area contributed by atoms with Crippen LogP contribution >= 0.6 is 24.8 Å². The van der Waals surface area contributed by atoms with Crippen molar-refractivity contribution in [1.82, 2.24) is 9.80 Å². The number of carbonyl (C=O) groups excluding carboxylic acids is 1. The van der Waals surface area contributed by atoms with Gasteiger partial charge in [0.1, 0.15) is 6.04 Å². The zero-order valence-corrected chi connectivity index (χ0v) is 16.3. The van der Waals surface area contributed by atoms with Crippen molar-refractivity contribution in [2.24, 2.45) is 11.1 Å². The van der Waals surface area contributed by atoms with Crippen molar-refractivity contribution >= 4 is 30.7 Å². The first kappa shape index (κ1) is 24.8. The van der Waals surface area contributed by atoms with E-state index in [2.05, 4.69) is 0 Å². The molecule has 2 aliphatic rings. The summed E-state index contributed by atoms with van der Waals surface area (Å²) in [5, 5.41) is 0. The highest BCUT2D eigenvalue weighted by Crippen LogP contribution is 2.39. The molecule has 4 nitrogen and oxygen atoms in total. The maximum atomic E-state index is 12.8. The topological polar surface area (TPSA) is 49.6 Å². The molecule has 1 saturated heterocycles. The summed E-state index contributed by atoms with van der Waals surface area (Å²) >= 11 is 0. The SMILES string of the molecule is CC(N1CCN(C(=O)CC2(CN)CCCCC2)CC1)C(F)(F)F.Cl.Cl. The lowest BCUT2D eigenvalue weighted by Gasteiger charge is -2.41. The molecular weight excluding hydrogens is 378 g/mol. The van der Waals surface area contributed by atoms with Crippen molar-refractivity contribution in [2.75, 3.05) is 32.7 Å². The number of rotatable bonds is 4. The molecule has 2 fully saturated rings. The Labute approximate surface area is 160 Å². The number of amides is 1. The molecule has 9 heteroatoms. The van der Waals surface area contributed by atoms with E-state index in [0.717, 1.165) is 25.7 Å². The minimum absolute atomic E-state index is 0. The van der Waals surface area contributed by atoms with Gasteiger partial charge in [0.25, 0.3) is 0 Å². The third-order valence-corrected chi connectivity index (χ3v) is 5.56. The van der Waals surface area contributed by atoms with Crippen LogP contribution in [0.5, 0.6) is 0 Å². The van der Waals surface area contributed by atoms with Gasteiger partial charge in [-0.2, -0.15) is 13.2 Å². The summed E-state index contributed by atoms with van der Waals surface area (Å²) in [5.41, 5.74) is 5.83. The van der Waals surface area contributed by atoms with Gasteiger partial charge in [0.05, 0.1) is 0 Å². The van der Waals surface area contributed by atoms with Crippen LogP contribution < -0.4 is 5.73 Å². The maximum absolute atomic E-state index is 12.8. The zero-order valence-electron chi connectivity index (χ0n) is 14.7. The van der Waals surface area contributed by atoms with Gasteiger partial charge in [0.2, 0.25) is 5.91 Å². The fourth-order valence-corrected chi connectivity index (χ4v) is 3.75. The Hall–Kier alpha value is -0.240. The lowest BCUT2D eigenvalue weighted by atomic mass is 9.71. The van der Waals surface area contributed by atoms with Gasteiger partial charge in [0, 0.05) is 32.6 Å². The quantitative estimate of drug-likeness (QED) is 0.777. The van der Waals surface area contributed by atoms with Crippen LogP contribution in [0.1, 0.15) is 45.4 Å². The molecule has 1 amide bonds. The molecule has 1 unspecified atom stereocenters. The third-order valence-electron chi connectivity index (χ3n) is 5.56. The molecule has 1 aliphatic heterocycles. The molecule has 0 aromatic heterocycles. The molecule has 150 valence electrons. The number of nitrogens with two attached hydrogens (primary N) is 1. The predicted molar refractivity (Wildman–Crippen MR) is 97.4 cm³/mol. The summed E-state index contributed by atoms with van der Waals surface area (Å²) < 4.78 is 38.3. The number of hydrogen-bond acceptors (Lipinski definition) is 3. The Morgan fingerprint density at radius 3 is 2.04 bits per heavy atom. The van der Waals surface area contributed by atoms with Crippen molar-refractivity contribution < 1.29 is 18.0 Å². The van der Waals surface area contributed by atoms with Crippen LogP contribution in [0.25, 0.3) is 0 Å². The van der Waals surface area contributed by atoms with Crippen molar-refractivity contribution in [1.29, 1.82) is 0 Å². The van der Waals surface area contributed by atoms with E-state index in [0.29, 0.717) is 26.1 Å². The predicted octanol–water partition coefficient (Wildman–Crippen LogP) is 3.22. The minimum atomic E-state index is -4.21. The highest BCUT2D eigenvalue weighted by Gasteiger charge is 2.41. The Morgan fingerprint density at radius 2 is 1.60 bits per heavy atom. The van der Waals surface area contributed by atoms with E-state index in [1.54, 1.807) is 4.90 Å². The summed E-state index contributed by atoms with van der Waals surface area (Å²) in [6.45, 7) is 3.01. The average Bonchev–Trinajstić information content (AvgIpc) is 2.54. The highest BCUT2D eigenvalue weighted by atomic mass is 35.5. The van der Waals surface area contributed by atoms with Crippen LogP contribution in [-0.2, 0) is 4.79 Å². The molecule has 0 radical (unpaired) electrons. The van der Waals surface area contributed by atoms with Gasteiger partial charge >= 0.3 is 6.18 Å². The molecule has 0 spiro atoms. The van der Waals surface area contributed by atoms with E-state index in [9.17, 15) is 18.0 Å². The number of halogens is 5. The van der Waals surface area contributed by atoms with E-state index in [4.69, 9.17) is 5.73 Å². The molecule has 1 atom stereocenters. The Balaban J connectivity index is 0.00000288. The van der Waals surface area contributed by atoms with Crippen LogP contribution in [0.4, 0.5) is 13.2 Å². The van der Waals surface area contributed by atoms with E-state index in [1.165, 1.54) is 18.2 Å². The zero-order chi connectivity index (χ0) is 17.1. The minimum Gasteiger partial charge on any atom is -0.340 e. The van der Waals surface area contributed by atoms with Crippen molar-refractivity contribution in [2.45, 2.75) is 57.7 Å². The van der Waals surface area contributed by atoms with E-state index in [1.807, 2.05) is 0 Å². The summed E-state index contributed by atoms with van der Waals surface area (Å²) in [6.07, 6.45) is 1.63. The molecule has 25 heavy (non-hydrogen) atoms. The fourth-order valence-electron chi connectivity index (χ4n) is 3.75. The fraction of sp³-hybridized carbons (Fsp3) is 0.938. The normalized spacial score (nSPS) is 22.5.